The standard InChI is InChI=1S/C14H10S/c1-2-4-13-11(3-1)5-6-12-7-9-15-10-8-14(12)13/h1-10H. The molecule has 72 valence electrons. The summed E-state index contributed by atoms with van der Waals surface area (Å²) in [5, 5.41) is 6.89. The summed E-state index contributed by atoms with van der Waals surface area (Å²) in [7, 11) is 0. The molecule has 3 rings (SSSR count). The van der Waals surface area contributed by atoms with Crippen molar-refractivity contribution in [1.29, 1.82) is 0 Å². The third-order valence-corrected chi connectivity index (χ3v) is 3.23. The molecular weight excluding hydrogens is 200 g/mol. The highest BCUT2D eigenvalue weighted by molar-refractivity contribution is 8.05. The molecule has 15 heavy (non-hydrogen) atoms. The van der Waals surface area contributed by atoms with Gasteiger partial charge in [-0.25, -0.2) is 0 Å². The number of fused-ring (bicyclic) bond motifs is 3. The fourth-order valence-corrected chi connectivity index (χ4v) is 2.44. The lowest BCUT2D eigenvalue weighted by Crippen LogP contribution is -1.82. The lowest BCUT2D eigenvalue weighted by molar-refractivity contribution is 1.67. The maximum Gasteiger partial charge on any atom is -0.0100 e. The molecule has 0 spiro atoms. The molecule has 2 aromatic carbocycles. The van der Waals surface area contributed by atoms with E-state index < -0.39 is 0 Å². The Morgan fingerprint density at radius 3 is 2.67 bits per heavy atom. The fraction of sp³-hybridized carbons (Fsp3) is 0. The van der Waals surface area contributed by atoms with Gasteiger partial charge in [-0.15, -0.1) is 11.8 Å². The van der Waals surface area contributed by atoms with Crippen molar-refractivity contribution in [3.05, 3.63) is 58.3 Å². The molecule has 0 atom stereocenters. The van der Waals surface area contributed by atoms with Gasteiger partial charge in [-0.1, -0.05) is 36.4 Å². The van der Waals surface area contributed by atoms with Gasteiger partial charge < -0.3 is 0 Å². The summed E-state index contributed by atoms with van der Waals surface area (Å²) < 4.78 is 0. The van der Waals surface area contributed by atoms with E-state index in [1.807, 2.05) is 0 Å². The molecule has 0 saturated heterocycles. The van der Waals surface area contributed by atoms with Gasteiger partial charge in [0.25, 0.3) is 0 Å². The minimum absolute atomic E-state index is 1.30. The van der Waals surface area contributed by atoms with Gasteiger partial charge >= 0.3 is 0 Å². The van der Waals surface area contributed by atoms with Gasteiger partial charge in [-0.3, -0.25) is 0 Å². The lowest BCUT2D eigenvalue weighted by Gasteiger charge is -2.05. The minimum Gasteiger partial charge on any atom is -0.106 e. The third kappa shape index (κ3) is 1.49. The summed E-state index contributed by atoms with van der Waals surface area (Å²) in [4.78, 5) is 0. The van der Waals surface area contributed by atoms with Crippen LogP contribution in [0.4, 0.5) is 0 Å². The van der Waals surface area contributed by atoms with Gasteiger partial charge in [0.2, 0.25) is 0 Å². The second-order valence-corrected chi connectivity index (χ2v) is 4.35. The van der Waals surface area contributed by atoms with Crippen LogP contribution in [-0.2, 0) is 0 Å². The van der Waals surface area contributed by atoms with Crippen LogP contribution in [0.1, 0.15) is 11.1 Å². The van der Waals surface area contributed by atoms with Crippen molar-refractivity contribution in [1.82, 2.24) is 0 Å². The molecule has 0 unspecified atom stereocenters. The first-order valence-corrected chi connectivity index (χ1v) is 5.90. The molecule has 2 aromatic rings. The van der Waals surface area contributed by atoms with E-state index in [9.17, 15) is 0 Å². The molecule has 0 aliphatic carbocycles. The first-order valence-electron chi connectivity index (χ1n) is 4.95. The van der Waals surface area contributed by atoms with Crippen molar-refractivity contribution >= 4 is 34.7 Å². The number of benzene rings is 2. The largest absolute Gasteiger partial charge is 0.106 e. The molecule has 0 amide bonds. The predicted molar refractivity (Wildman–Crippen MR) is 69.6 cm³/mol. The SMILES string of the molecule is C1=Cc2ccc3ccccc3c2C=CS1. The Morgan fingerprint density at radius 1 is 0.800 bits per heavy atom. The van der Waals surface area contributed by atoms with Gasteiger partial charge in [0.15, 0.2) is 0 Å². The Bertz CT molecular complexity index is 565. The Morgan fingerprint density at radius 2 is 1.67 bits per heavy atom. The molecule has 1 heterocycles. The molecule has 1 heteroatoms. The number of rotatable bonds is 0. The van der Waals surface area contributed by atoms with Crippen molar-refractivity contribution in [2.45, 2.75) is 0 Å². The highest BCUT2D eigenvalue weighted by Crippen LogP contribution is 2.28. The Kier molecular flexibility index (Phi) is 2.11. The summed E-state index contributed by atoms with van der Waals surface area (Å²) in [6, 6.07) is 12.9. The molecule has 1 aliphatic heterocycles. The van der Waals surface area contributed by atoms with E-state index in [-0.39, 0.29) is 0 Å². The zero-order chi connectivity index (χ0) is 10.1. The summed E-state index contributed by atoms with van der Waals surface area (Å²) in [6.45, 7) is 0. The van der Waals surface area contributed by atoms with Crippen LogP contribution in [0.25, 0.3) is 22.9 Å². The number of hydrogen-bond acceptors (Lipinski definition) is 1. The molecule has 1 aliphatic rings. The molecule has 0 saturated carbocycles. The van der Waals surface area contributed by atoms with Gasteiger partial charge in [-0.2, -0.15) is 0 Å². The molecule has 0 radical (unpaired) electrons. The molecular formula is C14H10S. The zero-order valence-electron chi connectivity index (χ0n) is 8.18. The Balaban J connectivity index is 2.42. The minimum atomic E-state index is 1.30. The van der Waals surface area contributed by atoms with E-state index >= 15 is 0 Å². The van der Waals surface area contributed by atoms with Gasteiger partial charge in [0, 0.05) is 0 Å². The van der Waals surface area contributed by atoms with E-state index in [1.165, 1.54) is 21.9 Å². The zero-order valence-corrected chi connectivity index (χ0v) is 9.00. The molecule has 0 bridgehead atoms. The van der Waals surface area contributed by atoms with Crippen LogP contribution < -0.4 is 0 Å². The van der Waals surface area contributed by atoms with Gasteiger partial charge in [-0.05, 0) is 44.9 Å². The van der Waals surface area contributed by atoms with Crippen molar-refractivity contribution in [3.63, 3.8) is 0 Å². The average molecular weight is 210 g/mol. The highest BCUT2D eigenvalue weighted by Gasteiger charge is 2.03. The number of thioether (sulfide) groups is 1. The molecule has 0 N–H and O–H groups in total. The first kappa shape index (κ1) is 8.81. The van der Waals surface area contributed by atoms with Crippen molar-refractivity contribution in [2.24, 2.45) is 0 Å². The van der Waals surface area contributed by atoms with Crippen LogP contribution >= 0.6 is 11.8 Å². The normalized spacial score (nSPS) is 13.9. The first-order chi connectivity index (χ1) is 7.45. The molecule has 0 nitrogen and oxygen atoms in total. The maximum atomic E-state index is 2.20. The van der Waals surface area contributed by atoms with Crippen LogP contribution in [0.2, 0.25) is 0 Å². The number of hydrogen-bond donors (Lipinski definition) is 0. The second-order valence-electron chi connectivity index (χ2n) is 3.53. The van der Waals surface area contributed by atoms with E-state index in [4.69, 9.17) is 0 Å². The topological polar surface area (TPSA) is 0 Å². The fourth-order valence-electron chi connectivity index (χ4n) is 1.91. The molecule has 0 aromatic heterocycles. The van der Waals surface area contributed by atoms with Crippen molar-refractivity contribution in [2.75, 3.05) is 0 Å². The molecule has 0 fully saturated rings. The van der Waals surface area contributed by atoms with Gasteiger partial charge in [0.1, 0.15) is 0 Å². The lowest BCUT2D eigenvalue weighted by atomic mass is 9.99. The van der Waals surface area contributed by atoms with Gasteiger partial charge in [0.05, 0.1) is 0 Å². The quantitative estimate of drug-likeness (QED) is 0.615. The Labute approximate surface area is 93.3 Å². The smallest absolute Gasteiger partial charge is 0.0100 e. The van der Waals surface area contributed by atoms with Crippen LogP contribution in [0, 0.1) is 0 Å². The van der Waals surface area contributed by atoms with Crippen LogP contribution in [0.5, 0.6) is 0 Å². The van der Waals surface area contributed by atoms with E-state index in [0.29, 0.717) is 0 Å². The average Bonchev–Trinajstić information content (AvgIpc) is 2.54. The summed E-state index contributed by atoms with van der Waals surface area (Å²) in [5.74, 6) is 0. The maximum absolute atomic E-state index is 2.20. The van der Waals surface area contributed by atoms with Crippen LogP contribution in [0.15, 0.2) is 47.2 Å². The summed E-state index contributed by atoms with van der Waals surface area (Å²) in [5.41, 5.74) is 2.63. The summed E-state index contributed by atoms with van der Waals surface area (Å²) >= 11 is 1.72. The van der Waals surface area contributed by atoms with E-state index in [0.717, 1.165) is 0 Å². The van der Waals surface area contributed by atoms with Crippen LogP contribution in [0.3, 0.4) is 0 Å². The van der Waals surface area contributed by atoms with Crippen molar-refractivity contribution in [3.8, 4) is 0 Å². The predicted octanol–water partition coefficient (Wildman–Crippen LogP) is 4.53. The third-order valence-electron chi connectivity index (χ3n) is 2.64. The van der Waals surface area contributed by atoms with Crippen LogP contribution in [-0.4, -0.2) is 0 Å². The van der Waals surface area contributed by atoms with E-state index in [1.54, 1.807) is 11.8 Å². The summed E-state index contributed by atoms with van der Waals surface area (Å²) in [6.07, 6.45) is 4.37. The second kappa shape index (κ2) is 3.59. The van der Waals surface area contributed by atoms with Crippen molar-refractivity contribution < 1.29 is 0 Å². The Hall–Kier alpha value is -1.47. The van der Waals surface area contributed by atoms with E-state index in [2.05, 4.69) is 59.4 Å². The monoisotopic (exact) mass is 210 g/mol. The highest BCUT2D eigenvalue weighted by atomic mass is 32.2.